The van der Waals surface area contributed by atoms with Crippen molar-refractivity contribution in [1.29, 1.82) is 0 Å². The van der Waals surface area contributed by atoms with Gasteiger partial charge >= 0.3 is 0 Å². The van der Waals surface area contributed by atoms with Crippen LogP contribution in [0.15, 0.2) is 61.3 Å². The van der Waals surface area contributed by atoms with E-state index in [9.17, 15) is 13.6 Å². The second kappa shape index (κ2) is 9.99. The molecule has 0 unspecified atom stereocenters. The molecule has 1 heterocycles. The van der Waals surface area contributed by atoms with Crippen molar-refractivity contribution in [2.24, 2.45) is 0 Å². The van der Waals surface area contributed by atoms with Gasteiger partial charge in [-0.3, -0.25) is 4.79 Å². The van der Waals surface area contributed by atoms with Gasteiger partial charge in [-0.2, -0.15) is 0 Å². The summed E-state index contributed by atoms with van der Waals surface area (Å²) in [6.45, 7) is 4.17. The molecule has 0 bridgehead atoms. The van der Waals surface area contributed by atoms with Crippen molar-refractivity contribution in [3.05, 3.63) is 84.2 Å². The van der Waals surface area contributed by atoms with E-state index in [4.69, 9.17) is 5.11 Å². The Hall–Kier alpha value is -3.52. The molecule has 3 rings (SSSR count). The maximum Gasteiger partial charge on any atom is 0.274 e. The fourth-order valence-corrected chi connectivity index (χ4v) is 3.23. The van der Waals surface area contributed by atoms with Crippen LogP contribution in [0.2, 0.25) is 0 Å². The number of rotatable bonds is 9. The van der Waals surface area contributed by atoms with Crippen LogP contribution >= 0.6 is 0 Å². The monoisotopic (exact) mass is 426 g/mol. The van der Waals surface area contributed by atoms with Crippen molar-refractivity contribution in [3.8, 4) is 11.4 Å². The van der Waals surface area contributed by atoms with Gasteiger partial charge in [-0.05, 0) is 42.4 Å². The van der Waals surface area contributed by atoms with E-state index in [1.165, 1.54) is 35.4 Å². The average molecular weight is 426 g/mol. The van der Waals surface area contributed by atoms with Crippen molar-refractivity contribution in [1.82, 2.24) is 14.5 Å². The minimum atomic E-state index is -0.431. The number of aliphatic hydroxyl groups excluding tert-OH is 1. The number of halogens is 2. The largest absolute Gasteiger partial charge is 0.396 e. The van der Waals surface area contributed by atoms with Crippen LogP contribution < -0.4 is 5.32 Å². The van der Waals surface area contributed by atoms with E-state index in [0.717, 1.165) is 5.56 Å². The van der Waals surface area contributed by atoms with Crippen molar-refractivity contribution < 1.29 is 18.7 Å². The number of carbonyl (C=O) groups excluding carboxylic acids is 1. The van der Waals surface area contributed by atoms with Crippen molar-refractivity contribution in [2.75, 3.05) is 25.5 Å². The minimum Gasteiger partial charge on any atom is -0.396 e. The van der Waals surface area contributed by atoms with Crippen LogP contribution in [0.4, 0.5) is 14.6 Å². The summed E-state index contributed by atoms with van der Waals surface area (Å²) in [5, 5.41) is 12.0. The number of hydrogen-bond donors (Lipinski definition) is 2. The van der Waals surface area contributed by atoms with Crippen LogP contribution in [0.5, 0.6) is 0 Å². The van der Waals surface area contributed by atoms with Gasteiger partial charge in [-0.1, -0.05) is 30.8 Å². The molecule has 162 valence electrons. The number of aliphatic hydroxyl groups is 1. The Morgan fingerprint density at radius 3 is 2.61 bits per heavy atom. The second-order valence-corrected chi connectivity index (χ2v) is 7.01. The highest BCUT2D eigenvalue weighted by atomic mass is 19.1. The van der Waals surface area contributed by atoms with E-state index in [0.29, 0.717) is 24.4 Å². The van der Waals surface area contributed by atoms with Gasteiger partial charge in [0.25, 0.3) is 5.91 Å². The molecule has 0 aliphatic heterocycles. The summed E-state index contributed by atoms with van der Waals surface area (Å²) in [5.41, 5.74) is 1.49. The lowest BCUT2D eigenvalue weighted by molar-refractivity contribution is 0.0777. The van der Waals surface area contributed by atoms with Crippen molar-refractivity contribution in [2.45, 2.75) is 13.0 Å². The maximum atomic E-state index is 13.9. The Balaban J connectivity index is 2.16. The lowest BCUT2D eigenvalue weighted by Gasteiger charge is -2.19. The standard InChI is InChI=1S/C23H24F2N4O2/c1-3-26-21-20(23(31)28(2)12-5-13-30)29(15-16-8-10-18(24)11-9-16)22(27-21)17-6-4-7-19(25)14-17/h3-4,6-11,14,26,30H,1,5,12-13,15H2,2H3. The number of aromatic nitrogens is 2. The van der Waals surface area contributed by atoms with Gasteiger partial charge in [0.15, 0.2) is 11.5 Å². The molecule has 0 saturated heterocycles. The number of imidazole rings is 1. The SMILES string of the molecule is C=CNc1nc(-c2cccc(F)c2)n(Cc2ccc(F)cc2)c1C(=O)N(C)CCCO. The number of carbonyl (C=O) groups is 1. The predicted octanol–water partition coefficient (Wildman–Crippen LogP) is 3.89. The number of nitrogens with zero attached hydrogens (tertiary/aromatic N) is 3. The molecule has 2 aromatic carbocycles. The zero-order chi connectivity index (χ0) is 22.4. The lowest BCUT2D eigenvalue weighted by atomic mass is 10.1. The second-order valence-electron chi connectivity index (χ2n) is 7.01. The maximum absolute atomic E-state index is 13.9. The first-order valence-corrected chi connectivity index (χ1v) is 9.79. The molecule has 1 amide bonds. The normalized spacial score (nSPS) is 10.7. The highest BCUT2D eigenvalue weighted by molar-refractivity contribution is 5.98. The molecule has 0 radical (unpaired) electrons. The fraction of sp³-hybridized carbons (Fsp3) is 0.217. The first kappa shape index (κ1) is 22.2. The summed E-state index contributed by atoms with van der Waals surface area (Å²) in [7, 11) is 1.63. The molecule has 6 nitrogen and oxygen atoms in total. The number of nitrogens with one attached hydrogen (secondary N) is 1. The predicted molar refractivity (Wildman–Crippen MR) is 116 cm³/mol. The number of amides is 1. The van der Waals surface area contributed by atoms with E-state index in [1.54, 1.807) is 35.9 Å². The third-order valence-corrected chi connectivity index (χ3v) is 4.74. The quantitative estimate of drug-likeness (QED) is 0.545. The summed E-state index contributed by atoms with van der Waals surface area (Å²) in [6, 6.07) is 11.9. The van der Waals surface area contributed by atoms with Gasteiger partial charge < -0.3 is 19.9 Å². The first-order valence-electron chi connectivity index (χ1n) is 9.79. The van der Waals surface area contributed by atoms with E-state index in [2.05, 4.69) is 16.9 Å². The molecule has 0 atom stereocenters. The smallest absolute Gasteiger partial charge is 0.274 e. The zero-order valence-electron chi connectivity index (χ0n) is 17.2. The Bertz CT molecular complexity index is 1060. The van der Waals surface area contributed by atoms with Gasteiger partial charge in [0.2, 0.25) is 0 Å². The molecule has 8 heteroatoms. The van der Waals surface area contributed by atoms with Crippen LogP contribution in [0, 0.1) is 11.6 Å². The van der Waals surface area contributed by atoms with Gasteiger partial charge in [0.1, 0.15) is 17.5 Å². The molecule has 0 saturated carbocycles. The third-order valence-electron chi connectivity index (χ3n) is 4.74. The molecule has 3 aromatic rings. The molecule has 0 spiro atoms. The van der Waals surface area contributed by atoms with E-state index < -0.39 is 5.82 Å². The Labute approximate surface area is 179 Å². The van der Waals surface area contributed by atoms with Crippen LogP contribution in [0.25, 0.3) is 11.4 Å². The summed E-state index contributed by atoms with van der Waals surface area (Å²) >= 11 is 0. The molecule has 2 N–H and O–H groups in total. The lowest BCUT2D eigenvalue weighted by Crippen LogP contribution is -2.31. The van der Waals surface area contributed by atoms with Crippen LogP contribution in [0.3, 0.4) is 0 Å². The zero-order valence-corrected chi connectivity index (χ0v) is 17.2. The number of benzene rings is 2. The van der Waals surface area contributed by atoms with E-state index >= 15 is 0 Å². The third kappa shape index (κ3) is 5.16. The topological polar surface area (TPSA) is 70.4 Å². The fourth-order valence-electron chi connectivity index (χ4n) is 3.23. The molecule has 0 fully saturated rings. The van der Waals surface area contributed by atoms with Gasteiger partial charge in [0, 0.05) is 32.3 Å². The Kier molecular flexibility index (Phi) is 7.15. The molecular weight excluding hydrogens is 402 g/mol. The summed E-state index contributed by atoms with van der Waals surface area (Å²) < 4.78 is 29.0. The Morgan fingerprint density at radius 2 is 1.97 bits per heavy atom. The average Bonchev–Trinajstić information content (AvgIpc) is 3.11. The molecule has 1 aromatic heterocycles. The van der Waals surface area contributed by atoms with Gasteiger partial charge in [-0.15, -0.1) is 0 Å². The number of anilines is 1. The summed E-state index contributed by atoms with van der Waals surface area (Å²) in [5.74, 6) is -0.465. The highest BCUT2D eigenvalue weighted by Crippen LogP contribution is 2.28. The molecule has 0 aliphatic rings. The first-order chi connectivity index (χ1) is 14.9. The van der Waals surface area contributed by atoms with Gasteiger partial charge in [-0.25, -0.2) is 13.8 Å². The van der Waals surface area contributed by atoms with Crippen LogP contribution in [-0.2, 0) is 6.54 Å². The number of hydrogen-bond acceptors (Lipinski definition) is 4. The van der Waals surface area contributed by atoms with Crippen molar-refractivity contribution in [3.63, 3.8) is 0 Å². The van der Waals surface area contributed by atoms with E-state index in [1.807, 2.05) is 0 Å². The molecule has 31 heavy (non-hydrogen) atoms. The Morgan fingerprint density at radius 1 is 1.23 bits per heavy atom. The minimum absolute atomic E-state index is 0.0429. The van der Waals surface area contributed by atoms with Crippen molar-refractivity contribution >= 4 is 11.7 Å². The highest BCUT2D eigenvalue weighted by Gasteiger charge is 2.26. The van der Waals surface area contributed by atoms with E-state index in [-0.39, 0.29) is 36.4 Å². The van der Waals surface area contributed by atoms with Crippen LogP contribution in [0.1, 0.15) is 22.5 Å². The van der Waals surface area contributed by atoms with Gasteiger partial charge in [0.05, 0.1) is 0 Å². The molecule has 0 aliphatic carbocycles. The summed E-state index contributed by atoms with van der Waals surface area (Å²) in [4.78, 5) is 19.3. The van der Waals surface area contributed by atoms with Crippen LogP contribution in [-0.4, -0.2) is 45.7 Å². The molecular formula is C23H24F2N4O2. The summed E-state index contributed by atoms with van der Waals surface area (Å²) in [6.07, 6.45) is 1.83.